The third kappa shape index (κ3) is 2.25. The Morgan fingerprint density at radius 1 is 1.36 bits per heavy atom. The minimum Gasteiger partial charge on any atom is -0.198 e. The molecule has 0 aliphatic carbocycles. The second-order valence-corrected chi connectivity index (χ2v) is 2.56. The van der Waals surface area contributed by atoms with Gasteiger partial charge in [-0.2, -0.15) is 5.26 Å². The first-order valence-corrected chi connectivity index (χ1v) is 3.91. The summed E-state index contributed by atoms with van der Waals surface area (Å²) in [6.45, 7) is 0. The summed E-state index contributed by atoms with van der Waals surface area (Å²) in [7, 11) is 0. The van der Waals surface area contributed by atoms with Crippen molar-refractivity contribution in [3.05, 3.63) is 35.4 Å². The molecule has 2 heteroatoms. The van der Waals surface area contributed by atoms with E-state index in [1.807, 2.05) is 24.3 Å². The van der Waals surface area contributed by atoms with Crippen LogP contribution in [0.5, 0.6) is 0 Å². The molecule has 0 aromatic heterocycles. The van der Waals surface area contributed by atoms with E-state index in [1.54, 1.807) is 0 Å². The third-order valence-electron chi connectivity index (χ3n) is 1.43. The van der Waals surface area contributed by atoms with E-state index < -0.39 is 0 Å². The summed E-state index contributed by atoms with van der Waals surface area (Å²) in [6.07, 6.45) is 0.463. The van der Waals surface area contributed by atoms with E-state index in [2.05, 4.69) is 6.07 Å². The van der Waals surface area contributed by atoms with Crippen LogP contribution in [0.2, 0.25) is 0 Å². The Balaban J connectivity index is 2.84. The van der Waals surface area contributed by atoms with Gasteiger partial charge in [-0.25, -0.2) is 0 Å². The monoisotopic (exact) mass is 165 g/mol. The van der Waals surface area contributed by atoms with Crippen LogP contribution in [0.15, 0.2) is 24.3 Å². The van der Waals surface area contributed by atoms with Crippen molar-refractivity contribution in [3.63, 3.8) is 0 Å². The van der Waals surface area contributed by atoms with Crippen LogP contribution in [0.1, 0.15) is 11.1 Å². The fourth-order valence-corrected chi connectivity index (χ4v) is 1.08. The first-order valence-electron chi connectivity index (χ1n) is 3.37. The van der Waals surface area contributed by atoms with Gasteiger partial charge in [0.2, 0.25) is 0 Å². The van der Waals surface area contributed by atoms with E-state index in [9.17, 15) is 0 Å². The van der Waals surface area contributed by atoms with E-state index in [-0.39, 0.29) is 0 Å². The van der Waals surface area contributed by atoms with Gasteiger partial charge in [-0.05, 0) is 11.1 Å². The summed E-state index contributed by atoms with van der Waals surface area (Å²) >= 11 is 5.62. The fourth-order valence-electron chi connectivity index (χ4n) is 0.914. The number of hydrogen-bond donors (Lipinski definition) is 0. The smallest absolute Gasteiger partial charge is 0.0669 e. The average Bonchev–Trinajstić information content (AvgIpc) is 2.06. The molecule has 56 valence electrons. The highest BCUT2D eigenvalue weighted by atomic mass is 35.5. The Bertz CT molecular complexity index is 275. The average molecular weight is 166 g/mol. The van der Waals surface area contributed by atoms with Gasteiger partial charge in [-0.3, -0.25) is 0 Å². The minimum atomic E-state index is 0.463. The van der Waals surface area contributed by atoms with Crippen LogP contribution in [-0.2, 0) is 12.3 Å². The molecule has 0 heterocycles. The molecule has 0 spiro atoms. The van der Waals surface area contributed by atoms with Crippen molar-refractivity contribution in [2.24, 2.45) is 0 Å². The van der Waals surface area contributed by atoms with Gasteiger partial charge < -0.3 is 0 Å². The topological polar surface area (TPSA) is 23.8 Å². The first kappa shape index (κ1) is 8.10. The van der Waals surface area contributed by atoms with Crippen molar-refractivity contribution >= 4 is 11.6 Å². The van der Waals surface area contributed by atoms with E-state index in [0.717, 1.165) is 11.1 Å². The molecule has 0 aliphatic rings. The van der Waals surface area contributed by atoms with E-state index in [4.69, 9.17) is 16.9 Å². The Labute approximate surface area is 71.2 Å². The first-order chi connectivity index (χ1) is 5.36. The maximum absolute atomic E-state index is 8.40. The van der Waals surface area contributed by atoms with Crippen molar-refractivity contribution in [2.45, 2.75) is 12.3 Å². The van der Waals surface area contributed by atoms with Crippen LogP contribution in [0.25, 0.3) is 0 Å². The van der Waals surface area contributed by atoms with Gasteiger partial charge in [-0.1, -0.05) is 24.3 Å². The maximum atomic E-state index is 8.40. The largest absolute Gasteiger partial charge is 0.198 e. The summed E-state index contributed by atoms with van der Waals surface area (Å²) in [4.78, 5) is 0. The van der Waals surface area contributed by atoms with E-state index in [1.165, 1.54) is 0 Å². The van der Waals surface area contributed by atoms with Crippen molar-refractivity contribution in [1.29, 1.82) is 5.26 Å². The molecule has 0 saturated heterocycles. The summed E-state index contributed by atoms with van der Waals surface area (Å²) in [5.74, 6) is 0.513. The third-order valence-corrected chi connectivity index (χ3v) is 1.74. The lowest BCUT2D eigenvalue weighted by Gasteiger charge is -1.96. The molecule has 0 unspecified atom stereocenters. The Morgan fingerprint density at radius 2 is 2.09 bits per heavy atom. The maximum Gasteiger partial charge on any atom is 0.0669 e. The molecule has 1 aromatic rings. The predicted molar refractivity (Wildman–Crippen MR) is 45.3 cm³/mol. The summed E-state index contributed by atoms with van der Waals surface area (Å²) in [5.41, 5.74) is 2.10. The zero-order valence-corrected chi connectivity index (χ0v) is 6.80. The highest BCUT2D eigenvalue weighted by molar-refractivity contribution is 6.17. The fraction of sp³-hybridized carbons (Fsp3) is 0.222. The molecule has 11 heavy (non-hydrogen) atoms. The lowest BCUT2D eigenvalue weighted by molar-refractivity contribution is 1.24. The van der Waals surface area contributed by atoms with E-state index >= 15 is 0 Å². The Morgan fingerprint density at radius 3 is 2.73 bits per heavy atom. The van der Waals surface area contributed by atoms with Gasteiger partial charge in [0.05, 0.1) is 12.5 Å². The van der Waals surface area contributed by atoms with Gasteiger partial charge in [-0.15, -0.1) is 11.6 Å². The minimum absolute atomic E-state index is 0.463. The van der Waals surface area contributed by atoms with Crippen LogP contribution in [0.3, 0.4) is 0 Å². The SMILES string of the molecule is N#CCc1cccc(CCl)c1. The number of nitrogens with zero attached hydrogens (tertiary/aromatic N) is 1. The number of benzene rings is 1. The van der Waals surface area contributed by atoms with E-state index in [0.29, 0.717) is 12.3 Å². The normalized spacial score (nSPS) is 9.09. The molecule has 0 radical (unpaired) electrons. The van der Waals surface area contributed by atoms with Crippen LogP contribution >= 0.6 is 11.6 Å². The number of halogens is 1. The molecule has 0 amide bonds. The lowest BCUT2D eigenvalue weighted by Crippen LogP contribution is -1.83. The molecule has 1 rings (SSSR count). The Hall–Kier alpha value is -1.00. The molecule has 0 atom stereocenters. The van der Waals surface area contributed by atoms with Gasteiger partial charge in [0, 0.05) is 5.88 Å². The molecule has 1 nitrogen and oxygen atoms in total. The molecule has 0 aliphatic heterocycles. The second kappa shape index (κ2) is 4.00. The number of nitriles is 1. The van der Waals surface area contributed by atoms with Crippen molar-refractivity contribution < 1.29 is 0 Å². The van der Waals surface area contributed by atoms with Crippen LogP contribution in [0, 0.1) is 11.3 Å². The van der Waals surface area contributed by atoms with Crippen molar-refractivity contribution in [2.75, 3.05) is 0 Å². The predicted octanol–water partition coefficient (Wildman–Crippen LogP) is 2.49. The van der Waals surface area contributed by atoms with Crippen LogP contribution < -0.4 is 0 Å². The highest BCUT2D eigenvalue weighted by Gasteiger charge is 1.92. The number of rotatable bonds is 2. The molecule has 0 fully saturated rings. The quantitative estimate of drug-likeness (QED) is 0.618. The standard InChI is InChI=1S/C9H8ClN/c10-7-9-3-1-2-8(6-9)4-5-11/h1-3,6H,4,7H2. The summed E-state index contributed by atoms with van der Waals surface area (Å²) < 4.78 is 0. The Kier molecular flexibility index (Phi) is 2.95. The summed E-state index contributed by atoms with van der Waals surface area (Å²) in [6, 6.07) is 9.85. The molecule has 1 aromatic carbocycles. The van der Waals surface area contributed by atoms with Crippen molar-refractivity contribution in [1.82, 2.24) is 0 Å². The zero-order chi connectivity index (χ0) is 8.10. The lowest BCUT2D eigenvalue weighted by atomic mass is 10.1. The van der Waals surface area contributed by atoms with Gasteiger partial charge in [0.15, 0.2) is 0 Å². The van der Waals surface area contributed by atoms with Crippen LogP contribution in [0.4, 0.5) is 0 Å². The molecular formula is C9H8ClN. The van der Waals surface area contributed by atoms with Crippen LogP contribution in [-0.4, -0.2) is 0 Å². The summed E-state index contributed by atoms with van der Waals surface area (Å²) in [5, 5.41) is 8.40. The van der Waals surface area contributed by atoms with Gasteiger partial charge in [0.1, 0.15) is 0 Å². The number of alkyl halides is 1. The van der Waals surface area contributed by atoms with Gasteiger partial charge >= 0.3 is 0 Å². The molecule has 0 N–H and O–H groups in total. The molecule has 0 saturated carbocycles. The highest BCUT2D eigenvalue weighted by Crippen LogP contribution is 2.07. The molecule has 0 bridgehead atoms. The van der Waals surface area contributed by atoms with Crippen molar-refractivity contribution in [3.8, 4) is 6.07 Å². The second-order valence-electron chi connectivity index (χ2n) is 2.29. The molecular weight excluding hydrogens is 158 g/mol. The number of hydrogen-bond acceptors (Lipinski definition) is 1. The zero-order valence-electron chi connectivity index (χ0n) is 6.05. The van der Waals surface area contributed by atoms with Gasteiger partial charge in [0.25, 0.3) is 0 Å².